The molecule has 2 heterocycles. The van der Waals surface area contributed by atoms with Crippen molar-refractivity contribution in [2.45, 2.75) is 51.2 Å². The minimum Gasteiger partial charge on any atom is -0.340 e. The molecule has 3 atom stereocenters. The first kappa shape index (κ1) is 19.3. The fourth-order valence-corrected chi connectivity index (χ4v) is 4.30. The molecule has 1 aromatic carbocycles. The molecule has 2 aliphatic rings. The van der Waals surface area contributed by atoms with Gasteiger partial charge >= 0.3 is 0 Å². The zero-order chi connectivity index (χ0) is 18.5. The van der Waals surface area contributed by atoms with Crippen LogP contribution in [0.2, 0.25) is 0 Å². The van der Waals surface area contributed by atoms with Gasteiger partial charge in [0.05, 0.1) is 0 Å². The van der Waals surface area contributed by atoms with Gasteiger partial charge in [-0.05, 0) is 32.3 Å². The summed E-state index contributed by atoms with van der Waals surface area (Å²) in [5, 5.41) is 0. The topological polar surface area (TPSA) is 52.8 Å². The number of carbonyl (C=O) groups excluding carboxylic acids is 1. The summed E-state index contributed by atoms with van der Waals surface area (Å²) in [4.78, 5) is 19.7. The van der Waals surface area contributed by atoms with Crippen molar-refractivity contribution in [1.82, 2.24) is 14.7 Å². The van der Waals surface area contributed by atoms with Crippen molar-refractivity contribution in [3.8, 4) is 0 Å². The third-order valence-corrected chi connectivity index (χ3v) is 6.16. The minimum absolute atomic E-state index is 0.183. The number of benzene rings is 1. The molecular weight excluding hydrogens is 324 g/mol. The average Bonchev–Trinajstić information content (AvgIpc) is 2.99. The van der Waals surface area contributed by atoms with Crippen molar-refractivity contribution in [2.75, 3.05) is 39.3 Å². The van der Waals surface area contributed by atoms with Gasteiger partial charge in [-0.1, -0.05) is 30.3 Å². The molecule has 0 spiro atoms. The van der Waals surface area contributed by atoms with Gasteiger partial charge in [0.2, 0.25) is 5.91 Å². The predicted octanol–water partition coefficient (Wildman–Crippen LogP) is 2.09. The Labute approximate surface area is 158 Å². The highest BCUT2D eigenvalue weighted by Crippen LogP contribution is 2.23. The maximum absolute atomic E-state index is 12.6. The molecule has 2 fully saturated rings. The van der Waals surface area contributed by atoms with Crippen molar-refractivity contribution >= 4 is 5.91 Å². The normalized spacial score (nSPS) is 26.2. The number of hydrogen-bond donors (Lipinski definition) is 1. The molecule has 0 aromatic heterocycles. The number of amides is 1. The molecule has 1 aromatic rings. The van der Waals surface area contributed by atoms with Crippen LogP contribution in [-0.2, 0) is 4.79 Å². The molecule has 1 amide bonds. The Morgan fingerprint density at radius 1 is 1.04 bits per heavy atom. The van der Waals surface area contributed by atoms with Crippen LogP contribution in [0.1, 0.15) is 44.7 Å². The fourth-order valence-electron chi connectivity index (χ4n) is 4.30. The van der Waals surface area contributed by atoms with Crippen molar-refractivity contribution < 1.29 is 4.79 Å². The maximum Gasteiger partial charge on any atom is 0.224 e. The first-order valence-electron chi connectivity index (χ1n) is 10.1. The second-order valence-corrected chi connectivity index (χ2v) is 7.96. The molecule has 26 heavy (non-hydrogen) atoms. The molecule has 2 saturated heterocycles. The Balaban J connectivity index is 1.40. The summed E-state index contributed by atoms with van der Waals surface area (Å²) in [6.45, 7) is 10.5. The van der Waals surface area contributed by atoms with E-state index < -0.39 is 0 Å². The number of likely N-dealkylation sites (tertiary alicyclic amines) is 1. The van der Waals surface area contributed by atoms with E-state index in [9.17, 15) is 4.79 Å². The van der Waals surface area contributed by atoms with Gasteiger partial charge < -0.3 is 10.6 Å². The van der Waals surface area contributed by atoms with Crippen LogP contribution in [-0.4, -0.2) is 72.0 Å². The standard InChI is InChI=1S/C21H34N4O/c1-17-8-9-18(2)25(17)15-12-23-10-13-24(14-11-23)21(26)16-20(22)19-6-4-3-5-7-19/h3-7,17-18,20H,8-16,22H2,1-2H3/t17-,18+,20-/m1/s1. The molecular formula is C21H34N4O. The second-order valence-electron chi connectivity index (χ2n) is 7.96. The second kappa shape index (κ2) is 8.98. The van der Waals surface area contributed by atoms with Crippen molar-refractivity contribution in [3.05, 3.63) is 35.9 Å². The number of rotatable bonds is 6. The van der Waals surface area contributed by atoms with E-state index in [1.807, 2.05) is 35.2 Å². The van der Waals surface area contributed by atoms with E-state index in [0.29, 0.717) is 18.5 Å². The highest BCUT2D eigenvalue weighted by molar-refractivity contribution is 5.77. The Morgan fingerprint density at radius 2 is 1.65 bits per heavy atom. The summed E-state index contributed by atoms with van der Waals surface area (Å²) in [6.07, 6.45) is 3.04. The van der Waals surface area contributed by atoms with Gasteiger partial charge in [0.1, 0.15) is 0 Å². The van der Waals surface area contributed by atoms with Crippen LogP contribution < -0.4 is 5.73 Å². The summed E-state index contributed by atoms with van der Waals surface area (Å²) in [5.41, 5.74) is 7.25. The number of hydrogen-bond acceptors (Lipinski definition) is 4. The van der Waals surface area contributed by atoms with Crippen molar-refractivity contribution in [2.24, 2.45) is 5.73 Å². The molecule has 5 nitrogen and oxygen atoms in total. The van der Waals surface area contributed by atoms with Crippen LogP contribution in [0.4, 0.5) is 0 Å². The van der Waals surface area contributed by atoms with E-state index in [-0.39, 0.29) is 11.9 Å². The van der Waals surface area contributed by atoms with Gasteiger partial charge in [-0.15, -0.1) is 0 Å². The highest BCUT2D eigenvalue weighted by atomic mass is 16.2. The molecule has 0 radical (unpaired) electrons. The first-order chi connectivity index (χ1) is 12.5. The maximum atomic E-state index is 12.6. The Morgan fingerprint density at radius 3 is 2.27 bits per heavy atom. The minimum atomic E-state index is -0.208. The summed E-state index contributed by atoms with van der Waals surface area (Å²) in [7, 11) is 0. The quantitative estimate of drug-likeness (QED) is 0.846. The Hall–Kier alpha value is -1.43. The molecule has 144 valence electrons. The Kier molecular flexibility index (Phi) is 6.68. The smallest absolute Gasteiger partial charge is 0.224 e. The van der Waals surface area contributed by atoms with Gasteiger partial charge in [0.15, 0.2) is 0 Å². The summed E-state index contributed by atoms with van der Waals surface area (Å²) >= 11 is 0. The van der Waals surface area contributed by atoms with E-state index in [4.69, 9.17) is 5.73 Å². The van der Waals surface area contributed by atoms with E-state index in [1.54, 1.807) is 0 Å². The number of nitrogens with two attached hydrogens (primary N) is 1. The van der Waals surface area contributed by atoms with Crippen LogP contribution in [0.5, 0.6) is 0 Å². The molecule has 2 aliphatic heterocycles. The highest BCUT2D eigenvalue weighted by Gasteiger charge is 2.28. The number of nitrogens with zero attached hydrogens (tertiary/aromatic N) is 3. The van der Waals surface area contributed by atoms with Crippen LogP contribution in [0.25, 0.3) is 0 Å². The summed E-state index contributed by atoms with van der Waals surface area (Å²) < 4.78 is 0. The lowest BCUT2D eigenvalue weighted by Crippen LogP contribution is -2.51. The lowest BCUT2D eigenvalue weighted by molar-refractivity contribution is -0.133. The monoisotopic (exact) mass is 358 g/mol. The van der Waals surface area contributed by atoms with E-state index in [0.717, 1.165) is 44.8 Å². The summed E-state index contributed by atoms with van der Waals surface area (Å²) in [5.74, 6) is 0.183. The van der Waals surface area contributed by atoms with E-state index in [1.165, 1.54) is 12.8 Å². The third kappa shape index (κ3) is 4.84. The molecule has 0 aliphatic carbocycles. The molecule has 2 N–H and O–H groups in total. The van der Waals surface area contributed by atoms with Crippen LogP contribution in [0, 0.1) is 0 Å². The lowest BCUT2D eigenvalue weighted by atomic mass is 10.0. The van der Waals surface area contributed by atoms with Gasteiger partial charge in [-0.25, -0.2) is 0 Å². The molecule has 0 bridgehead atoms. The van der Waals surface area contributed by atoms with Gasteiger partial charge in [-0.2, -0.15) is 0 Å². The van der Waals surface area contributed by atoms with Crippen LogP contribution in [0.3, 0.4) is 0 Å². The lowest BCUT2D eigenvalue weighted by Gasteiger charge is -2.37. The number of carbonyl (C=O) groups is 1. The van der Waals surface area contributed by atoms with Crippen LogP contribution in [0.15, 0.2) is 30.3 Å². The number of piperazine rings is 1. The SMILES string of the molecule is C[C@@H]1CC[C@H](C)N1CCN1CCN(C(=O)C[C@@H](N)c2ccccc2)CC1. The van der Waals surface area contributed by atoms with E-state index >= 15 is 0 Å². The zero-order valence-corrected chi connectivity index (χ0v) is 16.3. The zero-order valence-electron chi connectivity index (χ0n) is 16.3. The molecule has 0 unspecified atom stereocenters. The predicted molar refractivity (Wildman–Crippen MR) is 106 cm³/mol. The van der Waals surface area contributed by atoms with Crippen molar-refractivity contribution in [1.29, 1.82) is 0 Å². The van der Waals surface area contributed by atoms with Crippen molar-refractivity contribution in [3.63, 3.8) is 0 Å². The largest absolute Gasteiger partial charge is 0.340 e. The molecule has 3 rings (SSSR count). The molecule has 5 heteroatoms. The average molecular weight is 359 g/mol. The first-order valence-corrected chi connectivity index (χ1v) is 10.1. The van der Waals surface area contributed by atoms with Gasteiger partial charge in [0, 0.05) is 63.8 Å². The fraction of sp³-hybridized carbons (Fsp3) is 0.667. The van der Waals surface area contributed by atoms with E-state index in [2.05, 4.69) is 23.6 Å². The third-order valence-electron chi connectivity index (χ3n) is 6.16. The van der Waals surface area contributed by atoms with Crippen LogP contribution >= 0.6 is 0 Å². The van der Waals surface area contributed by atoms with Gasteiger partial charge in [-0.3, -0.25) is 14.6 Å². The van der Waals surface area contributed by atoms with Gasteiger partial charge in [0.25, 0.3) is 0 Å². The Bertz CT molecular complexity index is 561. The summed E-state index contributed by atoms with van der Waals surface area (Å²) in [6, 6.07) is 11.1. The molecule has 0 saturated carbocycles.